The Bertz CT molecular complexity index is 267. The molecule has 3 heteroatoms. The van der Waals surface area contributed by atoms with E-state index in [2.05, 4.69) is 18.2 Å². The molecule has 0 N–H and O–H groups in total. The van der Waals surface area contributed by atoms with Gasteiger partial charge in [-0.1, -0.05) is 0 Å². The van der Waals surface area contributed by atoms with E-state index >= 15 is 0 Å². The SMILES string of the molecule is CSC1CCc2sc(C)nc21. The van der Waals surface area contributed by atoms with Crippen molar-refractivity contribution in [1.29, 1.82) is 0 Å². The Hall–Kier alpha value is -0.0200. The van der Waals surface area contributed by atoms with Gasteiger partial charge in [-0.15, -0.1) is 11.3 Å². The summed E-state index contributed by atoms with van der Waals surface area (Å²) in [6.45, 7) is 2.10. The molecule has 1 aromatic rings. The van der Waals surface area contributed by atoms with E-state index in [9.17, 15) is 0 Å². The zero-order valence-electron chi connectivity index (χ0n) is 6.76. The van der Waals surface area contributed by atoms with Crippen molar-refractivity contribution in [3.8, 4) is 0 Å². The molecule has 0 aromatic carbocycles. The predicted molar refractivity (Wildman–Crippen MR) is 51.4 cm³/mol. The zero-order valence-corrected chi connectivity index (χ0v) is 8.39. The van der Waals surface area contributed by atoms with Gasteiger partial charge in [-0.2, -0.15) is 11.8 Å². The molecule has 1 nitrogen and oxygen atoms in total. The van der Waals surface area contributed by atoms with Crippen LogP contribution in [-0.4, -0.2) is 11.2 Å². The second-order valence-electron chi connectivity index (χ2n) is 2.80. The Morgan fingerprint density at radius 1 is 1.64 bits per heavy atom. The van der Waals surface area contributed by atoms with E-state index in [-0.39, 0.29) is 0 Å². The van der Waals surface area contributed by atoms with Crippen LogP contribution in [-0.2, 0) is 6.42 Å². The summed E-state index contributed by atoms with van der Waals surface area (Å²) in [4.78, 5) is 6.07. The molecule has 1 atom stereocenters. The number of hydrogen-bond donors (Lipinski definition) is 0. The maximum absolute atomic E-state index is 4.54. The highest BCUT2D eigenvalue weighted by molar-refractivity contribution is 7.98. The van der Waals surface area contributed by atoms with Gasteiger partial charge in [0.25, 0.3) is 0 Å². The minimum atomic E-state index is 0.690. The van der Waals surface area contributed by atoms with E-state index in [4.69, 9.17) is 0 Å². The Morgan fingerprint density at radius 3 is 3.18 bits per heavy atom. The van der Waals surface area contributed by atoms with Crippen LogP contribution in [0.1, 0.15) is 27.2 Å². The predicted octanol–water partition coefficient (Wildman–Crippen LogP) is 2.80. The molecule has 0 amide bonds. The van der Waals surface area contributed by atoms with Gasteiger partial charge in [-0.3, -0.25) is 0 Å². The number of fused-ring (bicyclic) bond motifs is 1. The fourth-order valence-electron chi connectivity index (χ4n) is 1.54. The summed E-state index contributed by atoms with van der Waals surface area (Å²) in [6, 6.07) is 0. The summed E-state index contributed by atoms with van der Waals surface area (Å²) >= 11 is 3.80. The first kappa shape index (κ1) is 7.62. The van der Waals surface area contributed by atoms with E-state index in [0.29, 0.717) is 5.25 Å². The summed E-state index contributed by atoms with van der Waals surface area (Å²) in [5.41, 5.74) is 1.38. The molecule has 0 saturated heterocycles. The Kier molecular flexibility index (Phi) is 1.93. The van der Waals surface area contributed by atoms with Crippen LogP contribution in [0.4, 0.5) is 0 Å². The lowest BCUT2D eigenvalue weighted by Gasteiger charge is -2.02. The van der Waals surface area contributed by atoms with Gasteiger partial charge in [-0.05, 0) is 26.0 Å². The maximum Gasteiger partial charge on any atom is 0.0900 e. The van der Waals surface area contributed by atoms with Crippen molar-refractivity contribution in [2.45, 2.75) is 25.0 Å². The molecule has 0 fully saturated rings. The lowest BCUT2D eigenvalue weighted by Crippen LogP contribution is -1.87. The van der Waals surface area contributed by atoms with Crippen LogP contribution < -0.4 is 0 Å². The number of thiazole rings is 1. The molecular weight excluding hydrogens is 174 g/mol. The topological polar surface area (TPSA) is 12.9 Å². The molecule has 1 aliphatic rings. The van der Waals surface area contributed by atoms with Crippen LogP contribution >= 0.6 is 23.1 Å². The summed E-state index contributed by atoms with van der Waals surface area (Å²) in [5.74, 6) is 0. The average Bonchev–Trinajstić information content (AvgIpc) is 2.45. The number of aromatic nitrogens is 1. The van der Waals surface area contributed by atoms with Gasteiger partial charge < -0.3 is 0 Å². The smallest absolute Gasteiger partial charge is 0.0900 e. The van der Waals surface area contributed by atoms with Crippen LogP contribution in [0.25, 0.3) is 0 Å². The van der Waals surface area contributed by atoms with Crippen molar-refractivity contribution >= 4 is 23.1 Å². The third-order valence-electron chi connectivity index (χ3n) is 2.06. The normalized spacial score (nSPS) is 22.2. The van der Waals surface area contributed by atoms with Crippen molar-refractivity contribution < 1.29 is 0 Å². The first-order valence-electron chi connectivity index (χ1n) is 3.80. The van der Waals surface area contributed by atoms with Crippen molar-refractivity contribution in [2.24, 2.45) is 0 Å². The number of rotatable bonds is 1. The first-order chi connectivity index (χ1) is 5.31. The third-order valence-corrected chi connectivity index (χ3v) is 4.13. The van der Waals surface area contributed by atoms with Crippen molar-refractivity contribution in [1.82, 2.24) is 4.98 Å². The molecule has 1 unspecified atom stereocenters. The molecule has 0 saturated carbocycles. The molecule has 0 aliphatic heterocycles. The number of thioether (sulfide) groups is 1. The zero-order chi connectivity index (χ0) is 7.84. The van der Waals surface area contributed by atoms with Gasteiger partial charge in [0.15, 0.2) is 0 Å². The van der Waals surface area contributed by atoms with Crippen LogP contribution in [0.2, 0.25) is 0 Å². The number of hydrogen-bond acceptors (Lipinski definition) is 3. The minimum absolute atomic E-state index is 0.690. The second kappa shape index (κ2) is 2.79. The lowest BCUT2D eigenvalue weighted by atomic mass is 10.3. The molecule has 60 valence electrons. The molecular formula is C8H11NS2. The van der Waals surface area contributed by atoms with Crippen LogP contribution in [0.5, 0.6) is 0 Å². The Balaban J connectivity index is 2.37. The highest BCUT2D eigenvalue weighted by Gasteiger charge is 2.25. The first-order valence-corrected chi connectivity index (χ1v) is 5.90. The van der Waals surface area contributed by atoms with E-state index in [1.54, 1.807) is 0 Å². The van der Waals surface area contributed by atoms with Crippen molar-refractivity contribution in [2.75, 3.05) is 6.26 Å². The summed E-state index contributed by atoms with van der Waals surface area (Å²) in [5, 5.41) is 1.92. The highest BCUT2D eigenvalue weighted by Crippen LogP contribution is 2.41. The summed E-state index contributed by atoms with van der Waals surface area (Å²) in [7, 11) is 0. The lowest BCUT2D eigenvalue weighted by molar-refractivity contribution is 0.876. The van der Waals surface area contributed by atoms with E-state index < -0.39 is 0 Å². The standard InChI is InChI=1S/C8H11NS2/c1-5-9-8-6(10-2)3-4-7(8)11-5/h6H,3-4H2,1-2H3. The Morgan fingerprint density at radius 2 is 2.45 bits per heavy atom. The number of aryl methyl sites for hydroxylation is 2. The quantitative estimate of drug-likeness (QED) is 0.667. The highest BCUT2D eigenvalue weighted by atomic mass is 32.2. The largest absolute Gasteiger partial charge is 0.245 e. The maximum atomic E-state index is 4.54. The minimum Gasteiger partial charge on any atom is -0.245 e. The molecule has 0 bridgehead atoms. The molecule has 1 aliphatic carbocycles. The molecule has 0 radical (unpaired) electrons. The third kappa shape index (κ3) is 1.20. The van der Waals surface area contributed by atoms with E-state index in [1.165, 1.54) is 28.4 Å². The van der Waals surface area contributed by atoms with Gasteiger partial charge in [0.2, 0.25) is 0 Å². The van der Waals surface area contributed by atoms with Crippen molar-refractivity contribution in [3.63, 3.8) is 0 Å². The van der Waals surface area contributed by atoms with Gasteiger partial charge in [0.05, 0.1) is 10.7 Å². The van der Waals surface area contributed by atoms with E-state index in [1.807, 2.05) is 23.1 Å². The van der Waals surface area contributed by atoms with Crippen LogP contribution in [0, 0.1) is 6.92 Å². The molecule has 11 heavy (non-hydrogen) atoms. The fraction of sp³-hybridized carbons (Fsp3) is 0.625. The number of nitrogens with zero attached hydrogens (tertiary/aromatic N) is 1. The second-order valence-corrected chi connectivity index (χ2v) is 5.13. The monoisotopic (exact) mass is 185 g/mol. The van der Waals surface area contributed by atoms with Crippen LogP contribution in [0.15, 0.2) is 0 Å². The molecule has 1 aromatic heterocycles. The molecule has 1 heterocycles. The van der Waals surface area contributed by atoms with Gasteiger partial charge in [0, 0.05) is 10.1 Å². The van der Waals surface area contributed by atoms with Gasteiger partial charge in [0.1, 0.15) is 0 Å². The molecule has 0 spiro atoms. The summed E-state index contributed by atoms with van der Waals surface area (Å²) in [6.07, 6.45) is 4.73. The average molecular weight is 185 g/mol. The fourth-order valence-corrected chi connectivity index (χ4v) is 3.40. The summed E-state index contributed by atoms with van der Waals surface area (Å²) < 4.78 is 0. The molecule has 2 rings (SSSR count). The van der Waals surface area contributed by atoms with E-state index in [0.717, 1.165) is 0 Å². The van der Waals surface area contributed by atoms with Gasteiger partial charge in [-0.25, -0.2) is 4.98 Å². The van der Waals surface area contributed by atoms with Crippen molar-refractivity contribution in [3.05, 3.63) is 15.6 Å². The van der Waals surface area contributed by atoms with Crippen LogP contribution in [0.3, 0.4) is 0 Å². The Labute approximate surface area is 75.2 Å². The van der Waals surface area contributed by atoms with Gasteiger partial charge >= 0.3 is 0 Å².